The number of nitro groups is 1. The van der Waals surface area contributed by atoms with Gasteiger partial charge in [0.2, 0.25) is 0 Å². The van der Waals surface area contributed by atoms with Crippen LogP contribution in [0.1, 0.15) is 46.5 Å². The number of benzene rings is 1. The minimum atomic E-state index is -0.375. The van der Waals surface area contributed by atoms with E-state index in [1.807, 2.05) is 6.92 Å². The fourth-order valence-corrected chi connectivity index (χ4v) is 2.27. The van der Waals surface area contributed by atoms with Gasteiger partial charge in [0.15, 0.2) is 5.75 Å². The van der Waals surface area contributed by atoms with Crippen LogP contribution in [-0.4, -0.2) is 18.1 Å². The summed E-state index contributed by atoms with van der Waals surface area (Å²) in [6.07, 6.45) is 4.46. The lowest BCUT2D eigenvalue weighted by molar-refractivity contribution is -0.385. The summed E-state index contributed by atoms with van der Waals surface area (Å²) in [5.41, 5.74) is 0.548. The zero-order valence-electron chi connectivity index (χ0n) is 13.2. The van der Waals surface area contributed by atoms with Crippen LogP contribution in [0.15, 0.2) is 18.2 Å². The van der Waals surface area contributed by atoms with Crippen LogP contribution in [0.25, 0.3) is 0 Å². The molecule has 0 saturated heterocycles. The molecule has 1 aromatic carbocycles. The number of unbranched alkanes of at least 4 members (excludes halogenated alkanes) is 1. The van der Waals surface area contributed by atoms with E-state index in [1.165, 1.54) is 6.42 Å². The average Bonchev–Trinajstić information content (AvgIpc) is 2.47. The Labute approximate surface area is 126 Å². The zero-order valence-corrected chi connectivity index (χ0v) is 13.2. The molecule has 0 aliphatic carbocycles. The van der Waals surface area contributed by atoms with E-state index in [2.05, 4.69) is 19.2 Å². The van der Waals surface area contributed by atoms with Gasteiger partial charge in [0.1, 0.15) is 5.69 Å². The Balaban J connectivity index is 2.82. The first-order chi connectivity index (χ1) is 10.1. The number of anilines is 1. The number of nitro benzene ring substituents is 1. The molecule has 1 rings (SSSR count). The number of ether oxygens (including phenoxy) is 1. The summed E-state index contributed by atoms with van der Waals surface area (Å²) in [7, 11) is 0. The van der Waals surface area contributed by atoms with Crippen LogP contribution in [0.4, 0.5) is 11.4 Å². The second kappa shape index (κ2) is 9.21. The van der Waals surface area contributed by atoms with Crippen molar-refractivity contribution in [2.24, 2.45) is 5.92 Å². The highest BCUT2D eigenvalue weighted by Crippen LogP contribution is 2.35. The second-order valence-electron chi connectivity index (χ2n) is 5.17. The van der Waals surface area contributed by atoms with E-state index < -0.39 is 0 Å². The van der Waals surface area contributed by atoms with Crippen molar-refractivity contribution in [1.29, 1.82) is 0 Å². The lowest BCUT2D eigenvalue weighted by Gasteiger charge is -2.16. The van der Waals surface area contributed by atoms with Crippen LogP contribution in [-0.2, 0) is 0 Å². The van der Waals surface area contributed by atoms with Crippen LogP contribution >= 0.6 is 0 Å². The van der Waals surface area contributed by atoms with Crippen molar-refractivity contribution in [3.63, 3.8) is 0 Å². The van der Waals surface area contributed by atoms with E-state index in [9.17, 15) is 10.1 Å². The Morgan fingerprint density at radius 1 is 1.33 bits per heavy atom. The smallest absolute Gasteiger partial charge is 0.333 e. The minimum Gasteiger partial charge on any atom is -0.486 e. The third kappa shape index (κ3) is 5.25. The fourth-order valence-electron chi connectivity index (χ4n) is 2.27. The van der Waals surface area contributed by atoms with Crippen molar-refractivity contribution in [3.8, 4) is 5.75 Å². The molecular formula is C16H26N2O3. The molecule has 1 atom stereocenters. The van der Waals surface area contributed by atoms with Gasteiger partial charge in [-0.25, -0.2) is 0 Å². The largest absolute Gasteiger partial charge is 0.486 e. The minimum absolute atomic E-state index is 0.0321. The molecular weight excluding hydrogens is 268 g/mol. The molecule has 5 nitrogen and oxygen atoms in total. The van der Waals surface area contributed by atoms with Crippen molar-refractivity contribution in [1.82, 2.24) is 0 Å². The number of nitrogens with zero attached hydrogens (tertiary/aromatic N) is 1. The number of hydrogen-bond acceptors (Lipinski definition) is 4. The lowest BCUT2D eigenvalue weighted by Crippen LogP contribution is -2.12. The summed E-state index contributed by atoms with van der Waals surface area (Å²) in [6, 6.07) is 5.17. The third-order valence-electron chi connectivity index (χ3n) is 3.57. The molecule has 0 radical (unpaired) electrons. The van der Waals surface area contributed by atoms with Crippen molar-refractivity contribution in [3.05, 3.63) is 28.3 Å². The summed E-state index contributed by atoms with van der Waals surface area (Å²) in [6.45, 7) is 7.38. The maximum Gasteiger partial charge on any atom is 0.333 e. The Bertz CT molecular complexity index is 449. The number of rotatable bonds is 10. The van der Waals surface area contributed by atoms with Crippen molar-refractivity contribution in [2.45, 2.75) is 46.5 Å². The molecule has 0 aliphatic heterocycles. The van der Waals surface area contributed by atoms with Crippen LogP contribution in [0.2, 0.25) is 0 Å². The molecule has 0 aliphatic rings. The van der Waals surface area contributed by atoms with E-state index in [1.54, 1.807) is 18.2 Å². The average molecular weight is 294 g/mol. The van der Waals surface area contributed by atoms with Crippen molar-refractivity contribution < 1.29 is 9.66 Å². The Morgan fingerprint density at radius 3 is 2.67 bits per heavy atom. The van der Waals surface area contributed by atoms with Crippen LogP contribution in [0.3, 0.4) is 0 Å². The van der Waals surface area contributed by atoms with E-state index in [-0.39, 0.29) is 10.6 Å². The zero-order chi connectivity index (χ0) is 15.7. The predicted molar refractivity (Wildman–Crippen MR) is 86.1 cm³/mol. The van der Waals surface area contributed by atoms with E-state index in [0.717, 1.165) is 19.3 Å². The molecule has 0 heterocycles. The van der Waals surface area contributed by atoms with E-state index >= 15 is 0 Å². The van der Waals surface area contributed by atoms with Crippen LogP contribution < -0.4 is 10.1 Å². The Kier molecular flexibility index (Phi) is 7.58. The molecule has 1 aromatic rings. The molecule has 0 spiro atoms. The van der Waals surface area contributed by atoms with Crippen molar-refractivity contribution >= 4 is 11.4 Å². The molecule has 0 amide bonds. The van der Waals surface area contributed by atoms with Gasteiger partial charge in [0.05, 0.1) is 11.5 Å². The second-order valence-corrected chi connectivity index (χ2v) is 5.17. The Hall–Kier alpha value is -1.78. The predicted octanol–water partition coefficient (Wildman–Crippen LogP) is 4.62. The highest BCUT2D eigenvalue weighted by molar-refractivity contribution is 5.68. The number of para-hydroxylation sites is 1. The molecule has 0 saturated carbocycles. The normalized spacial score (nSPS) is 12.0. The standard InChI is InChI=1S/C16H26N2O3/c1-4-7-9-13(5-2)12-21-15-11-8-10-14(17-6-3)16(15)18(19)20/h8,10-11,13,17H,4-7,9,12H2,1-3H3. The van der Waals surface area contributed by atoms with Gasteiger partial charge in [0.25, 0.3) is 0 Å². The summed E-state index contributed by atoms with van der Waals surface area (Å²) < 4.78 is 5.75. The maximum absolute atomic E-state index is 11.3. The molecule has 21 heavy (non-hydrogen) atoms. The summed E-state index contributed by atoms with van der Waals surface area (Å²) >= 11 is 0. The first kappa shape index (κ1) is 17.3. The first-order valence-electron chi connectivity index (χ1n) is 7.78. The number of nitrogens with one attached hydrogen (secondary N) is 1. The van der Waals surface area contributed by atoms with E-state index in [4.69, 9.17) is 4.74 Å². The van der Waals surface area contributed by atoms with Gasteiger partial charge >= 0.3 is 5.69 Å². The van der Waals surface area contributed by atoms with Gasteiger partial charge in [0, 0.05) is 6.54 Å². The summed E-state index contributed by atoms with van der Waals surface area (Å²) in [4.78, 5) is 10.9. The van der Waals surface area contributed by atoms with Crippen LogP contribution in [0.5, 0.6) is 5.75 Å². The highest BCUT2D eigenvalue weighted by atomic mass is 16.6. The molecule has 0 bridgehead atoms. The molecule has 1 N–H and O–H groups in total. The van der Waals surface area contributed by atoms with Gasteiger partial charge in [-0.2, -0.15) is 0 Å². The maximum atomic E-state index is 11.3. The summed E-state index contributed by atoms with van der Waals surface area (Å²) in [5, 5.41) is 14.3. The molecule has 118 valence electrons. The quantitative estimate of drug-likeness (QED) is 0.505. The van der Waals surface area contributed by atoms with Gasteiger partial charge < -0.3 is 10.1 Å². The fraction of sp³-hybridized carbons (Fsp3) is 0.625. The first-order valence-corrected chi connectivity index (χ1v) is 7.78. The van der Waals surface area contributed by atoms with Gasteiger partial charge in [-0.1, -0.05) is 39.2 Å². The molecule has 1 unspecified atom stereocenters. The summed E-state index contributed by atoms with van der Waals surface area (Å²) in [5.74, 6) is 0.806. The van der Waals surface area contributed by atoms with Gasteiger partial charge in [-0.15, -0.1) is 0 Å². The Morgan fingerprint density at radius 2 is 2.10 bits per heavy atom. The monoisotopic (exact) mass is 294 g/mol. The highest BCUT2D eigenvalue weighted by Gasteiger charge is 2.21. The lowest BCUT2D eigenvalue weighted by atomic mass is 10.0. The molecule has 5 heteroatoms. The van der Waals surface area contributed by atoms with E-state index in [0.29, 0.717) is 30.5 Å². The SMILES string of the molecule is CCCCC(CC)COc1cccc(NCC)c1[N+](=O)[O-]. The van der Waals surface area contributed by atoms with Gasteiger partial charge in [-0.3, -0.25) is 10.1 Å². The topological polar surface area (TPSA) is 64.4 Å². The number of hydrogen-bond donors (Lipinski definition) is 1. The third-order valence-corrected chi connectivity index (χ3v) is 3.57. The van der Waals surface area contributed by atoms with Crippen molar-refractivity contribution in [2.75, 3.05) is 18.5 Å². The van der Waals surface area contributed by atoms with Gasteiger partial charge in [-0.05, 0) is 31.4 Å². The van der Waals surface area contributed by atoms with Crippen LogP contribution in [0, 0.1) is 16.0 Å². The molecule has 0 aromatic heterocycles. The molecule has 0 fully saturated rings.